The lowest BCUT2D eigenvalue weighted by Crippen LogP contribution is -2.33. The van der Waals surface area contributed by atoms with Crippen molar-refractivity contribution >= 4 is 18.4 Å². The molecule has 0 aliphatic carbocycles. The quantitative estimate of drug-likeness (QED) is 0.743. The Bertz CT molecular complexity index is 789. The van der Waals surface area contributed by atoms with Gasteiger partial charge in [-0.05, 0) is 81.0 Å². The zero-order chi connectivity index (χ0) is 19.2. The topological polar surface area (TPSA) is 50.8 Å². The summed E-state index contributed by atoms with van der Waals surface area (Å²) < 4.78 is 11.1. The van der Waals surface area contributed by atoms with Crippen LogP contribution in [0.3, 0.4) is 0 Å². The van der Waals surface area contributed by atoms with Gasteiger partial charge >= 0.3 is 5.97 Å². The molecule has 0 aromatic heterocycles. The second-order valence-corrected chi connectivity index (χ2v) is 7.20. The fourth-order valence-corrected chi connectivity index (χ4v) is 3.40. The molecule has 0 amide bonds. The summed E-state index contributed by atoms with van der Waals surface area (Å²) in [5.41, 5.74) is 3.87. The lowest BCUT2D eigenvalue weighted by molar-refractivity contribution is 0.0229. The molecular formula is C22H29ClN2O3. The number of halogens is 1. The van der Waals surface area contributed by atoms with Crippen LogP contribution in [0.1, 0.15) is 28.8 Å². The summed E-state index contributed by atoms with van der Waals surface area (Å²) in [6, 6.07) is 13.8. The molecule has 1 aliphatic heterocycles. The molecular weight excluding hydrogens is 376 g/mol. The minimum Gasteiger partial charge on any atom is -0.497 e. The molecule has 1 N–H and O–H groups in total. The molecule has 0 saturated carbocycles. The number of nitrogens with zero attached hydrogens (tertiary/aromatic N) is 1. The van der Waals surface area contributed by atoms with E-state index in [0.717, 1.165) is 54.9 Å². The number of ether oxygens (including phenoxy) is 2. The van der Waals surface area contributed by atoms with E-state index in [1.165, 1.54) is 0 Å². The first-order valence-corrected chi connectivity index (χ1v) is 9.40. The van der Waals surface area contributed by atoms with Crippen LogP contribution in [-0.4, -0.2) is 51.3 Å². The van der Waals surface area contributed by atoms with Crippen LogP contribution in [0.4, 0.5) is 0 Å². The van der Waals surface area contributed by atoms with Gasteiger partial charge < -0.3 is 19.7 Å². The van der Waals surface area contributed by atoms with Gasteiger partial charge in [0.05, 0.1) is 12.7 Å². The van der Waals surface area contributed by atoms with E-state index >= 15 is 0 Å². The van der Waals surface area contributed by atoms with Crippen molar-refractivity contribution in [3.63, 3.8) is 0 Å². The molecule has 0 radical (unpaired) electrons. The van der Waals surface area contributed by atoms with Crippen LogP contribution < -0.4 is 10.1 Å². The molecule has 1 heterocycles. The summed E-state index contributed by atoms with van der Waals surface area (Å²) in [4.78, 5) is 14.7. The molecule has 152 valence electrons. The molecule has 0 atom stereocenters. The van der Waals surface area contributed by atoms with Gasteiger partial charge in [0.2, 0.25) is 0 Å². The van der Waals surface area contributed by atoms with Crippen molar-refractivity contribution in [2.24, 2.45) is 0 Å². The number of carbonyl (C=O) groups excluding carboxylic acids is 1. The Hall–Kier alpha value is -2.08. The van der Waals surface area contributed by atoms with Crippen molar-refractivity contribution in [2.45, 2.75) is 25.5 Å². The van der Waals surface area contributed by atoms with Crippen LogP contribution in [-0.2, 0) is 11.3 Å². The molecule has 1 saturated heterocycles. The van der Waals surface area contributed by atoms with E-state index in [4.69, 9.17) is 9.47 Å². The number of esters is 1. The van der Waals surface area contributed by atoms with Gasteiger partial charge in [-0.15, -0.1) is 12.4 Å². The van der Waals surface area contributed by atoms with Crippen molar-refractivity contribution in [2.75, 3.05) is 34.3 Å². The maximum atomic E-state index is 12.6. The van der Waals surface area contributed by atoms with Gasteiger partial charge in [-0.3, -0.25) is 0 Å². The molecule has 28 heavy (non-hydrogen) atoms. The summed E-state index contributed by atoms with van der Waals surface area (Å²) in [5.74, 6) is 0.580. The third-order valence-electron chi connectivity index (χ3n) is 4.77. The van der Waals surface area contributed by atoms with Gasteiger partial charge in [-0.1, -0.05) is 18.2 Å². The zero-order valence-electron chi connectivity index (χ0n) is 16.7. The highest BCUT2D eigenvalue weighted by atomic mass is 35.5. The molecule has 5 nitrogen and oxygen atoms in total. The number of rotatable bonds is 6. The number of nitrogens with one attached hydrogen (secondary N) is 1. The van der Waals surface area contributed by atoms with Crippen molar-refractivity contribution in [1.82, 2.24) is 10.2 Å². The zero-order valence-corrected chi connectivity index (χ0v) is 17.6. The SMILES string of the molecule is COc1cccc(-c2ccc(C(=O)OC3CCNCC3)cc2CN(C)C)c1.Cl. The summed E-state index contributed by atoms with van der Waals surface area (Å²) in [5, 5.41) is 3.29. The smallest absolute Gasteiger partial charge is 0.338 e. The second kappa shape index (κ2) is 10.5. The van der Waals surface area contributed by atoms with E-state index < -0.39 is 0 Å². The number of carbonyl (C=O) groups is 1. The average molecular weight is 405 g/mol. The van der Waals surface area contributed by atoms with Crippen LogP contribution in [0.2, 0.25) is 0 Å². The summed E-state index contributed by atoms with van der Waals surface area (Å²) in [7, 11) is 5.71. The number of methoxy groups -OCH3 is 1. The fraction of sp³-hybridized carbons (Fsp3) is 0.409. The number of hydrogen-bond donors (Lipinski definition) is 1. The monoisotopic (exact) mass is 404 g/mol. The first-order chi connectivity index (χ1) is 13.1. The lowest BCUT2D eigenvalue weighted by Gasteiger charge is -2.23. The third-order valence-corrected chi connectivity index (χ3v) is 4.77. The standard InChI is InChI=1S/C22H28N2O3.ClH/c1-24(2)15-18-13-17(22(25)27-19-9-11-23-12-10-19)7-8-21(18)16-5-4-6-20(14-16)26-3;/h4-8,13-14,19,23H,9-12,15H2,1-3H3;1H. The normalized spacial score (nSPS) is 14.4. The van der Waals surface area contributed by atoms with Crippen molar-refractivity contribution in [1.29, 1.82) is 0 Å². The van der Waals surface area contributed by atoms with E-state index in [-0.39, 0.29) is 24.5 Å². The molecule has 3 rings (SSSR count). The number of piperidine rings is 1. The maximum absolute atomic E-state index is 12.6. The Kier molecular flexibility index (Phi) is 8.30. The first-order valence-electron chi connectivity index (χ1n) is 9.40. The molecule has 1 aliphatic rings. The molecule has 0 spiro atoms. The predicted octanol–water partition coefficient (Wildman–Crippen LogP) is 3.75. The highest BCUT2D eigenvalue weighted by Gasteiger charge is 2.19. The van der Waals surface area contributed by atoms with E-state index in [1.54, 1.807) is 7.11 Å². The third kappa shape index (κ3) is 5.71. The van der Waals surface area contributed by atoms with E-state index in [0.29, 0.717) is 5.56 Å². The van der Waals surface area contributed by atoms with Crippen molar-refractivity contribution < 1.29 is 14.3 Å². The van der Waals surface area contributed by atoms with Gasteiger partial charge in [0.15, 0.2) is 0 Å². The Morgan fingerprint density at radius 1 is 1.14 bits per heavy atom. The van der Waals surface area contributed by atoms with Crippen LogP contribution in [0.25, 0.3) is 11.1 Å². The van der Waals surface area contributed by atoms with Gasteiger partial charge in [0.1, 0.15) is 11.9 Å². The van der Waals surface area contributed by atoms with Crippen LogP contribution in [0, 0.1) is 0 Å². The fourth-order valence-electron chi connectivity index (χ4n) is 3.40. The van der Waals surface area contributed by atoms with E-state index in [2.05, 4.69) is 16.3 Å². The number of hydrogen-bond acceptors (Lipinski definition) is 5. The lowest BCUT2D eigenvalue weighted by atomic mass is 9.97. The van der Waals surface area contributed by atoms with Crippen LogP contribution in [0.15, 0.2) is 42.5 Å². The highest BCUT2D eigenvalue weighted by molar-refractivity contribution is 5.91. The van der Waals surface area contributed by atoms with Crippen LogP contribution >= 0.6 is 12.4 Å². The first kappa shape index (κ1) is 22.2. The minimum atomic E-state index is -0.237. The van der Waals surface area contributed by atoms with Crippen molar-refractivity contribution in [3.05, 3.63) is 53.6 Å². The number of benzene rings is 2. The Balaban J connectivity index is 0.00000280. The minimum absolute atomic E-state index is 0. The predicted molar refractivity (Wildman–Crippen MR) is 114 cm³/mol. The Morgan fingerprint density at radius 3 is 2.57 bits per heavy atom. The van der Waals surface area contributed by atoms with E-state index in [1.807, 2.05) is 50.5 Å². The molecule has 6 heteroatoms. The highest BCUT2D eigenvalue weighted by Crippen LogP contribution is 2.29. The largest absolute Gasteiger partial charge is 0.497 e. The average Bonchev–Trinajstić information content (AvgIpc) is 2.68. The molecule has 2 aromatic carbocycles. The Morgan fingerprint density at radius 2 is 1.89 bits per heavy atom. The van der Waals surface area contributed by atoms with Gasteiger partial charge in [-0.2, -0.15) is 0 Å². The second-order valence-electron chi connectivity index (χ2n) is 7.20. The maximum Gasteiger partial charge on any atom is 0.338 e. The summed E-state index contributed by atoms with van der Waals surface area (Å²) in [6.07, 6.45) is 1.75. The molecule has 0 unspecified atom stereocenters. The van der Waals surface area contributed by atoms with Crippen LogP contribution in [0.5, 0.6) is 5.75 Å². The van der Waals surface area contributed by atoms with Crippen molar-refractivity contribution in [3.8, 4) is 16.9 Å². The van der Waals surface area contributed by atoms with E-state index in [9.17, 15) is 4.79 Å². The molecule has 2 aromatic rings. The van der Waals surface area contributed by atoms with Gasteiger partial charge in [0.25, 0.3) is 0 Å². The summed E-state index contributed by atoms with van der Waals surface area (Å²) >= 11 is 0. The van der Waals surface area contributed by atoms with Gasteiger partial charge in [0, 0.05) is 6.54 Å². The molecule has 1 fully saturated rings. The molecule has 0 bridgehead atoms. The Labute approximate surface area is 173 Å². The van der Waals surface area contributed by atoms with Gasteiger partial charge in [-0.25, -0.2) is 4.79 Å². The summed E-state index contributed by atoms with van der Waals surface area (Å²) in [6.45, 7) is 2.54.